The van der Waals surface area contributed by atoms with Crippen LogP contribution in [-0.4, -0.2) is 47.0 Å². The van der Waals surface area contributed by atoms with Crippen LogP contribution < -0.4 is 26.2 Å². The Morgan fingerprint density at radius 1 is 1.29 bits per heavy atom. The molecule has 2 fully saturated rings. The summed E-state index contributed by atoms with van der Waals surface area (Å²) in [5.41, 5.74) is 8.84. The van der Waals surface area contributed by atoms with Crippen LogP contribution in [-0.2, 0) is 6.42 Å². The molecule has 1 aromatic carbocycles. The molecule has 2 aliphatic heterocycles. The number of piperidine rings is 1. The van der Waals surface area contributed by atoms with Gasteiger partial charge < -0.3 is 35.9 Å². The fourth-order valence-electron chi connectivity index (χ4n) is 4.46. The third-order valence-corrected chi connectivity index (χ3v) is 6.03. The van der Waals surface area contributed by atoms with Crippen molar-refractivity contribution in [2.75, 3.05) is 29.9 Å². The number of pyridine rings is 1. The van der Waals surface area contributed by atoms with Crippen LogP contribution >= 0.6 is 0 Å². The second kappa shape index (κ2) is 5.90. The van der Waals surface area contributed by atoms with E-state index in [9.17, 15) is 14.7 Å². The molecule has 3 heterocycles. The Morgan fingerprint density at radius 2 is 2.04 bits per heavy atom. The summed E-state index contributed by atoms with van der Waals surface area (Å²) >= 11 is 0. The number of carbonyl (C=O) groups is 1. The molecule has 3 aliphatic rings. The summed E-state index contributed by atoms with van der Waals surface area (Å²) in [4.78, 5) is 28.1. The second-order valence-electron chi connectivity index (χ2n) is 7.57. The molecule has 1 saturated carbocycles. The first kappa shape index (κ1) is 16.9. The number of aromatic nitrogens is 1. The monoisotopic (exact) mass is 384 g/mol. The molecule has 0 bridgehead atoms. The molecule has 1 aromatic heterocycles. The molecule has 1 aliphatic carbocycles. The van der Waals surface area contributed by atoms with Crippen molar-refractivity contribution in [1.82, 2.24) is 4.98 Å². The van der Waals surface area contributed by atoms with Crippen LogP contribution in [0.1, 0.15) is 5.56 Å². The SMILES string of the molecule is NC1[C@H]2CN(c3ccc4c(c3)NCCc3c-4[nH]c(=O)c(OC(=O)O)c3O)C[C@@H]12. The second-order valence-corrected chi connectivity index (χ2v) is 7.57. The van der Waals surface area contributed by atoms with Crippen molar-refractivity contribution in [1.29, 1.82) is 0 Å². The molecule has 0 spiro atoms. The molecule has 28 heavy (non-hydrogen) atoms. The van der Waals surface area contributed by atoms with E-state index >= 15 is 0 Å². The van der Waals surface area contributed by atoms with E-state index in [4.69, 9.17) is 10.8 Å². The first-order valence-corrected chi connectivity index (χ1v) is 9.21. The van der Waals surface area contributed by atoms with E-state index in [1.165, 1.54) is 0 Å². The van der Waals surface area contributed by atoms with Crippen molar-refractivity contribution < 1.29 is 19.7 Å². The topological polar surface area (TPSA) is 141 Å². The van der Waals surface area contributed by atoms with Gasteiger partial charge in [0, 0.05) is 48.2 Å². The standard InChI is InChI=1S/C19H20N4O5/c20-14-11-6-23(7-12(11)14)8-1-2-9-13(5-8)21-4-3-10-15(9)22-18(25)17(16(10)24)28-19(26)27/h1-2,5,11-12,14,21H,3-4,6-7,20H2,(H,26,27)(H2,22,24,25)/t11-,12+,14?. The zero-order chi connectivity index (χ0) is 19.6. The van der Waals surface area contributed by atoms with Crippen LogP contribution in [0, 0.1) is 11.8 Å². The maximum absolute atomic E-state index is 12.3. The lowest BCUT2D eigenvalue weighted by Gasteiger charge is -2.23. The van der Waals surface area contributed by atoms with Gasteiger partial charge in [0.25, 0.3) is 5.56 Å². The Hall–Kier alpha value is -3.20. The van der Waals surface area contributed by atoms with Gasteiger partial charge >= 0.3 is 6.16 Å². The number of hydrogen-bond acceptors (Lipinski definition) is 7. The van der Waals surface area contributed by atoms with Crippen molar-refractivity contribution in [3.8, 4) is 22.8 Å². The number of fused-ring (bicyclic) bond motifs is 4. The zero-order valence-corrected chi connectivity index (χ0v) is 14.9. The van der Waals surface area contributed by atoms with E-state index in [0.717, 1.165) is 30.0 Å². The number of nitrogens with zero attached hydrogens (tertiary/aromatic N) is 1. The lowest BCUT2D eigenvalue weighted by Crippen LogP contribution is -2.27. The third-order valence-electron chi connectivity index (χ3n) is 6.03. The molecular weight excluding hydrogens is 364 g/mol. The summed E-state index contributed by atoms with van der Waals surface area (Å²) in [5, 5.41) is 22.6. The van der Waals surface area contributed by atoms with Crippen LogP contribution in [0.2, 0.25) is 0 Å². The number of aromatic hydroxyl groups is 1. The molecule has 9 heteroatoms. The molecule has 146 valence electrons. The van der Waals surface area contributed by atoms with Crippen LogP contribution in [0.15, 0.2) is 23.0 Å². The van der Waals surface area contributed by atoms with Gasteiger partial charge in [-0.3, -0.25) is 4.79 Å². The average molecular weight is 384 g/mol. The number of hydrogen-bond donors (Lipinski definition) is 5. The molecule has 0 amide bonds. The van der Waals surface area contributed by atoms with E-state index in [2.05, 4.69) is 19.9 Å². The number of anilines is 2. The summed E-state index contributed by atoms with van der Waals surface area (Å²) in [6.45, 7) is 2.43. The number of nitrogens with two attached hydrogens (primary N) is 1. The Labute approximate surface area is 159 Å². The quantitative estimate of drug-likeness (QED) is 0.486. The summed E-state index contributed by atoms with van der Waals surface area (Å²) in [7, 11) is 0. The highest BCUT2D eigenvalue weighted by atomic mass is 16.7. The molecule has 2 aromatic rings. The van der Waals surface area contributed by atoms with Crippen molar-refractivity contribution >= 4 is 17.5 Å². The van der Waals surface area contributed by atoms with Crippen LogP contribution in [0.3, 0.4) is 0 Å². The summed E-state index contributed by atoms with van der Waals surface area (Å²) < 4.78 is 4.47. The largest absolute Gasteiger partial charge is 0.511 e. The van der Waals surface area contributed by atoms with Gasteiger partial charge in [0.15, 0.2) is 5.75 Å². The van der Waals surface area contributed by atoms with Gasteiger partial charge in [-0.15, -0.1) is 0 Å². The number of rotatable bonds is 2. The van der Waals surface area contributed by atoms with Crippen LogP contribution in [0.5, 0.6) is 11.5 Å². The number of carboxylic acid groups (broad SMARTS) is 1. The Kier molecular flexibility index (Phi) is 3.57. The lowest BCUT2D eigenvalue weighted by molar-refractivity contribution is 0.142. The predicted molar refractivity (Wildman–Crippen MR) is 102 cm³/mol. The molecule has 1 saturated heterocycles. The highest BCUT2D eigenvalue weighted by molar-refractivity contribution is 5.83. The van der Waals surface area contributed by atoms with Crippen molar-refractivity contribution in [2.24, 2.45) is 17.6 Å². The van der Waals surface area contributed by atoms with E-state index in [-0.39, 0.29) is 0 Å². The summed E-state index contributed by atoms with van der Waals surface area (Å²) in [5.74, 6) is 0.120. The Bertz CT molecular complexity index is 1040. The Balaban J connectivity index is 1.54. The number of ether oxygens (including phenoxy) is 1. The molecule has 1 unspecified atom stereocenters. The van der Waals surface area contributed by atoms with E-state index in [0.29, 0.717) is 42.1 Å². The fourth-order valence-corrected chi connectivity index (χ4v) is 4.46. The van der Waals surface area contributed by atoms with Gasteiger partial charge in [0.05, 0.1) is 5.69 Å². The minimum atomic E-state index is -1.65. The van der Waals surface area contributed by atoms with E-state index in [1.54, 1.807) is 0 Å². The number of aromatic amines is 1. The minimum absolute atomic E-state index is 0.331. The van der Waals surface area contributed by atoms with Crippen molar-refractivity contribution in [3.63, 3.8) is 0 Å². The number of benzene rings is 1. The normalized spacial score (nSPS) is 24.5. The van der Waals surface area contributed by atoms with Gasteiger partial charge in [-0.05, 0) is 36.5 Å². The van der Waals surface area contributed by atoms with Crippen molar-refractivity contribution in [2.45, 2.75) is 12.5 Å². The molecular formula is C19H20N4O5. The van der Waals surface area contributed by atoms with Gasteiger partial charge in [-0.25, -0.2) is 4.79 Å². The maximum Gasteiger partial charge on any atom is 0.511 e. The van der Waals surface area contributed by atoms with Crippen LogP contribution in [0.4, 0.5) is 16.2 Å². The highest BCUT2D eigenvalue weighted by Crippen LogP contribution is 2.46. The van der Waals surface area contributed by atoms with Crippen LogP contribution in [0.25, 0.3) is 11.3 Å². The van der Waals surface area contributed by atoms with E-state index < -0.39 is 23.2 Å². The lowest BCUT2D eigenvalue weighted by atomic mass is 10.0. The average Bonchev–Trinajstić information content (AvgIpc) is 3.09. The maximum atomic E-state index is 12.3. The predicted octanol–water partition coefficient (Wildman–Crippen LogP) is 1.17. The smallest absolute Gasteiger partial charge is 0.504 e. The molecule has 3 atom stereocenters. The molecule has 0 radical (unpaired) electrons. The van der Waals surface area contributed by atoms with Gasteiger partial charge in [0.2, 0.25) is 5.75 Å². The van der Waals surface area contributed by atoms with Gasteiger partial charge in [-0.1, -0.05) is 0 Å². The van der Waals surface area contributed by atoms with Gasteiger partial charge in [-0.2, -0.15) is 0 Å². The zero-order valence-electron chi connectivity index (χ0n) is 14.9. The third kappa shape index (κ3) is 2.50. The molecule has 9 nitrogen and oxygen atoms in total. The first-order chi connectivity index (χ1) is 13.4. The number of H-pyrrole nitrogens is 1. The van der Waals surface area contributed by atoms with Crippen molar-refractivity contribution in [3.05, 3.63) is 34.1 Å². The molecule has 6 N–H and O–H groups in total. The Morgan fingerprint density at radius 3 is 2.75 bits per heavy atom. The summed E-state index contributed by atoms with van der Waals surface area (Å²) in [6.07, 6.45) is -1.25. The fraction of sp³-hybridized carbons (Fsp3) is 0.368. The van der Waals surface area contributed by atoms with Gasteiger partial charge in [0.1, 0.15) is 0 Å². The highest BCUT2D eigenvalue weighted by Gasteiger charge is 2.53. The minimum Gasteiger partial charge on any atom is -0.504 e. The van der Waals surface area contributed by atoms with E-state index in [1.807, 2.05) is 18.2 Å². The summed E-state index contributed by atoms with van der Waals surface area (Å²) in [6, 6.07) is 6.26. The first-order valence-electron chi connectivity index (χ1n) is 9.21. The molecule has 5 rings (SSSR count). The number of nitrogens with one attached hydrogen (secondary N) is 2.